The van der Waals surface area contributed by atoms with Crippen LogP contribution in [0.5, 0.6) is 0 Å². The maximum absolute atomic E-state index is 12.6. The van der Waals surface area contributed by atoms with E-state index in [0.29, 0.717) is 30.0 Å². The third kappa shape index (κ3) is 5.27. The minimum Gasteiger partial charge on any atom is -0.326 e. The van der Waals surface area contributed by atoms with E-state index in [1.54, 1.807) is 30.3 Å². The molecule has 0 spiro atoms. The van der Waals surface area contributed by atoms with E-state index in [2.05, 4.69) is 5.32 Å². The van der Waals surface area contributed by atoms with E-state index in [-0.39, 0.29) is 24.8 Å². The number of nitrogens with one attached hydrogen (secondary N) is 1. The summed E-state index contributed by atoms with van der Waals surface area (Å²) in [6.45, 7) is 0.171. The monoisotopic (exact) mass is 470 g/mol. The fourth-order valence-corrected chi connectivity index (χ4v) is 4.50. The highest BCUT2D eigenvalue weighted by atomic mass is 35.5. The number of nitrogens with zero attached hydrogens (tertiary/aromatic N) is 1. The first-order valence-electron chi connectivity index (χ1n) is 8.09. The Kier molecular flexibility index (Phi) is 7.01. The lowest BCUT2D eigenvalue weighted by Gasteiger charge is -2.14. The van der Waals surface area contributed by atoms with E-state index in [0.717, 1.165) is 5.56 Å². The van der Waals surface area contributed by atoms with Gasteiger partial charge in [0, 0.05) is 33.7 Å². The Morgan fingerprint density at radius 2 is 1.82 bits per heavy atom. The second kappa shape index (κ2) is 9.29. The molecule has 1 aliphatic rings. The minimum absolute atomic E-state index is 0.0793. The van der Waals surface area contributed by atoms with Crippen molar-refractivity contribution in [3.63, 3.8) is 0 Å². The molecule has 2 aromatic carbocycles. The molecule has 0 radical (unpaired) electrons. The van der Waals surface area contributed by atoms with E-state index in [1.165, 1.54) is 16.7 Å². The molecule has 144 valence electrons. The van der Waals surface area contributed by atoms with Crippen LogP contribution in [0, 0.1) is 0 Å². The van der Waals surface area contributed by atoms with Crippen molar-refractivity contribution in [2.75, 3.05) is 11.9 Å². The van der Waals surface area contributed by atoms with Crippen LogP contribution < -0.4 is 5.32 Å². The molecule has 1 heterocycles. The summed E-state index contributed by atoms with van der Waals surface area (Å²) in [6, 6.07) is 12.0. The Balaban J connectivity index is 1.63. The van der Waals surface area contributed by atoms with Gasteiger partial charge in [-0.05, 0) is 35.9 Å². The van der Waals surface area contributed by atoms with Gasteiger partial charge in [0.15, 0.2) is 0 Å². The van der Waals surface area contributed by atoms with E-state index < -0.39 is 0 Å². The maximum Gasteiger partial charge on any atom is 0.266 e. The second-order valence-corrected chi connectivity index (χ2v) is 8.77. The average Bonchev–Trinajstić information content (AvgIpc) is 2.87. The predicted molar refractivity (Wildman–Crippen MR) is 121 cm³/mol. The zero-order chi connectivity index (χ0) is 20.3. The number of thiocarbonyl (C=S) groups is 1. The summed E-state index contributed by atoms with van der Waals surface area (Å²) in [5.41, 5.74) is 1.23. The molecule has 1 N–H and O–H groups in total. The number of halogens is 3. The summed E-state index contributed by atoms with van der Waals surface area (Å²) in [5, 5.41) is 4.10. The number of amides is 2. The lowest BCUT2D eigenvalue weighted by atomic mass is 10.2. The third-order valence-electron chi connectivity index (χ3n) is 3.77. The van der Waals surface area contributed by atoms with Crippen molar-refractivity contribution in [2.45, 2.75) is 6.42 Å². The molecule has 0 aromatic heterocycles. The van der Waals surface area contributed by atoms with Crippen molar-refractivity contribution < 1.29 is 9.59 Å². The van der Waals surface area contributed by atoms with E-state index in [1.807, 2.05) is 18.2 Å². The highest BCUT2D eigenvalue weighted by Crippen LogP contribution is 2.33. The molecule has 0 atom stereocenters. The number of carbonyl (C=O) groups excluding carboxylic acids is 2. The molecule has 1 saturated heterocycles. The third-order valence-corrected chi connectivity index (χ3v) is 5.93. The molecule has 9 heteroatoms. The largest absolute Gasteiger partial charge is 0.326 e. The van der Waals surface area contributed by atoms with Gasteiger partial charge in [-0.2, -0.15) is 0 Å². The second-order valence-electron chi connectivity index (χ2n) is 5.81. The van der Waals surface area contributed by atoms with Crippen LogP contribution in [0.4, 0.5) is 5.69 Å². The first-order chi connectivity index (χ1) is 13.3. The summed E-state index contributed by atoms with van der Waals surface area (Å²) in [6.07, 6.45) is 1.78. The number of hydrogen-bond acceptors (Lipinski definition) is 4. The topological polar surface area (TPSA) is 49.4 Å². The zero-order valence-electron chi connectivity index (χ0n) is 14.2. The molecular formula is C19H13Cl3N2O2S2. The maximum atomic E-state index is 12.6. The van der Waals surface area contributed by atoms with Crippen molar-refractivity contribution in [2.24, 2.45) is 0 Å². The Hall–Kier alpha value is -1.57. The number of anilines is 1. The van der Waals surface area contributed by atoms with Crippen molar-refractivity contribution in [3.8, 4) is 0 Å². The summed E-state index contributed by atoms with van der Waals surface area (Å²) < 4.78 is 0.405. The van der Waals surface area contributed by atoms with Crippen LogP contribution in [-0.4, -0.2) is 27.6 Å². The standard InChI is InChI=1S/C19H13Cl3N2O2S2/c20-12-8-13(21)10-14(9-12)23-17(25)5-6-24-18(26)16(28-19(24)27)7-11-3-1-2-4-15(11)22/h1-4,7-10H,5-6H2,(H,23,25)/b16-7+. The SMILES string of the molecule is O=C(CCN1C(=O)/C(=C\c2ccccc2Cl)SC1=S)Nc1cc(Cl)cc(Cl)c1. The van der Waals surface area contributed by atoms with Crippen molar-refractivity contribution >= 4 is 86.7 Å². The minimum atomic E-state index is -0.275. The molecule has 2 amide bonds. The molecule has 4 nitrogen and oxygen atoms in total. The molecule has 2 aromatic rings. The Morgan fingerprint density at radius 1 is 1.14 bits per heavy atom. The smallest absolute Gasteiger partial charge is 0.266 e. The van der Waals surface area contributed by atoms with Gasteiger partial charge in [0.1, 0.15) is 4.32 Å². The average molecular weight is 472 g/mol. The fourth-order valence-electron chi connectivity index (χ4n) is 2.49. The summed E-state index contributed by atoms with van der Waals surface area (Å²) in [4.78, 5) is 26.7. The molecule has 0 aliphatic carbocycles. The molecule has 0 saturated carbocycles. The Bertz CT molecular complexity index is 975. The van der Waals surface area contributed by atoms with E-state index in [4.69, 9.17) is 47.0 Å². The number of thioether (sulfide) groups is 1. The van der Waals surface area contributed by atoms with Gasteiger partial charge in [-0.3, -0.25) is 14.5 Å². The Morgan fingerprint density at radius 3 is 2.50 bits per heavy atom. The lowest BCUT2D eigenvalue weighted by molar-refractivity contribution is -0.122. The molecule has 3 rings (SSSR count). The van der Waals surface area contributed by atoms with Crippen LogP contribution in [0.2, 0.25) is 15.1 Å². The van der Waals surface area contributed by atoms with Crippen LogP contribution >= 0.6 is 58.8 Å². The molecule has 1 fully saturated rings. The lowest BCUT2D eigenvalue weighted by Crippen LogP contribution is -2.31. The quantitative estimate of drug-likeness (QED) is 0.437. The van der Waals surface area contributed by atoms with Crippen molar-refractivity contribution in [1.29, 1.82) is 0 Å². The first kappa shape index (κ1) is 21.1. The van der Waals surface area contributed by atoms with Gasteiger partial charge in [0.2, 0.25) is 5.91 Å². The van der Waals surface area contributed by atoms with Crippen LogP contribution in [-0.2, 0) is 9.59 Å². The summed E-state index contributed by atoms with van der Waals surface area (Å²) in [7, 11) is 0. The van der Waals surface area contributed by atoms with E-state index >= 15 is 0 Å². The van der Waals surface area contributed by atoms with Gasteiger partial charge in [-0.15, -0.1) is 0 Å². The van der Waals surface area contributed by atoms with Crippen molar-refractivity contribution in [3.05, 3.63) is 68.0 Å². The molecule has 1 aliphatic heterocycles. The van der Waals surface area contributed by atoms with Crippen LogP contribution in [0.1, 0.15) is 12.0 Å². The van der Waals surface area contributed by atoms with Gasteiger partial charge < -0.3 is 5.32 Å². The van der Waals surface area contributed by atoms with Crippen molar-refractivity contribution in [1.82, 2.24) is 4.90 Å². The van der Waals surface area contributed by atoms with Crippen LogP contribution in [0.25, 0.3) is 6.08 Å². The van der Waals surface area contributed by atoms with Gasteiger partial charge in [0.25, 0.3) is 5.91 Å². The molecular weight excluding hydrogens is 459 g/mol. The number of rotatable bonds is 5. The predicted octanol–water partition coefficient (Wildman–Crippen LogP) is 5.88. The summed E-state index contributed by atoms with van der Waals surface area (Å²) >= 11 is 24.5. The summed E-state index contributed by atoms with van der Waals surface area (Å²) in [5.74, 6) is -0.518. The van der Waals surface area contributed by atoms with Crippen LogP contribution in [0.15, 0.2) is 47.4 Å². The number of hydrogen-bond donors (Lipinski definition) is 1. The van der Waals surface area contributed by atoms with Gasteiger partial charge in [0.05, 0.1) is 4.91 Å². The first-order valence-corrected chi connectivity index (χ1v) is 10.4. The highest BCUT2D eigenvalue weighted by Gasteiger charge is 2.32. The van der Waals surface area contributed by atoms with Gasteiger partial charge in [-0.1, -0.05) is 77.0 Å². The molecule has 0 unspecified atom stereocenters. The Labute approximate surface area is 186 Å². The fraction of sp³-hybridized carbons (Fsp3) is 0.105. The van der Waals surface area contributed by atoms with Gasteiger partial charge >= 0.3 is 0 Å². The number of benzene rings is 2. The highest BCUT2D eigenvalue weighted by molar-refractivity contribution is 8.26. The number of carbonyl (C=O) groups is 2. The molecule has 0 bridgehead atoms. The van der Waals surface area contributed by atoms with Gasteiger partial charge in [-0.25, -0.2) is 0 Å². The van der Waals surface area contributed by atoms with Crippen LogP contribution in [0.3, 0.4) is 0 Å². The zero-order valence-corrected chi connectivity index (χ0v) is 18.1. The normalized spacial score (nSPS) is 15.4. The van der Waals surface area contributed by atoms with E-state index in [9.17, 15) is 9.59 Å². The molecule has 28 heavy (non-hydrogen) atoms.